The highest BCUT2D eigenvalue weighted by atomic mass is 35.5. The first-order chi connectivity index (χ1) is 14.2. The van der Waals surface area contributed by atoms with E-state index in [1.54, 1.807) is 35.8 Å². The van der Waals surface area contributed by atoms with Crippen LogP contribution in [0.2, 0.25) is 5.02 Å². The summed E-state index contributed by atoms with van der Waals surface area (Å²) in [5, 5.41) is 3.51. The summed E-state index contributed by atoms with van der Waals surface area (Å²) in [6, 6.07) is 9.36. The number of rotatable bonds is 2. The van der Waals surface area contributed by atoms with Gasteiger partial charge in [-0.2, -0.15) is 0 Å². The van der Waals surface area contributed by atoms with Gasteiger partial charge >= 0.3 is 6.03 Å². The lowest BCUT2D eigenvalue weighted by Crippen LogP contribution is -2.46. The molecule has 7 nitrogen and oxygen atoms in total. The standard InChI is InChI=1S/C21H19ClN6O/c22-15-10-14(11-24-12-15)18-3-4-19-20(26-18)28(17-5-8-27(19)9-6-17)21(29)25-16-2-1-7-23-13-16/h1-4,7,10-13,17H,5-6,8-9H2,(H,25,29). The number of carbonyl (C=O) groups excluding carboxylic acids is 1. The van der Waals surface area contributed by atoms with E-state index in [9.17, 15) is 4.79 Å². The number of amides is 2. The molecule has 8 heteroatoms. The first-order valence-corrected chi connectivity index (χ1v) is 9.94. The number of carbonyl (C=O) groups is 1. The van der Waals surface area contributed by atoms with E-state index in [0.717, 1.165) is 42.9 Å². The summed E-state index contributed by atoms with van der Waals surface area (Å²) in [6.45, 7) is 1.82. The Bertz CT molecular complexity index is 1050. The molecule has 0 aromatic carbocycles. The van der Waals surface area contributed by atoms with Crippen molar-refractivity contribution in [2.45, 2.75) is 18.9 Å². The topological polar surface area (TPSA) is 74.2 Å². The van der Waals surface area contributed by atoms with Crippen LogP contribution in [0.3, 0.4) is 0 Å². The number of anilines is 3. The fraction of sp³-hybridized carbons (Fsp3) is 0.238. The Morgan fingerprint density at radius 2 is 1.97 bits per heavy atom. The molecule has 0 unspecified atom stereocenters. The van der Waals surface area contributed by atoms with Crippen molar-refractivity contribution in [3.8, 4) is 11.3 Å². The lowest BCUT2D eigenvalue weighted by atomic mass is 10.1. The van der Waals surface area contributed by atoms with Crippen molar-refractivity contribution in [3.63, 3.8) is 0 Å². The van der Waals surface area contributed by atoms with Gasteiger partial charge in [0.1, 0.15) is 0 Å². The fourth-order valence-electron chi connectivity index (χ4n) is 4.00. The van der Waals surface area contributed by atoms with E-state index in [4.69, 9.17) is 16.6 Å². The maximum atomic E-state index is 13.3. The summed E-state index contributed by atoms with van der Waals surface area (Å²) in [5.74, 6) is 0.670. The number of piperidine rings is 1. The van der Waals surface area contributed by atoms with Gasteiger partial charge in [-0.3, -0.25) is 14.9 Å². The zero-order valence-corrected chi connectivity index (χ0v) is 16.4. The van der Waals surface area contributed by atoms with Gasteiger partial charge in [-0.05, 0) is 43.2 Å². The Morgan fingerprint density at radius 1 is 1.10 bits per heavy atom. The molecule has 1 fully saturated rings. The zero-order valence-electron chi connectivity index (χ0n) is 15.6. The van der Waals surface area contributed by atoms with Gasteiger partial charge in [-0.15, -0.1) is 0 Å². The molecule has 1 N–H and O–H groups in total. The molecule has 1 saturated heterocycles. The van der Waals surface area contributed by atoms with Crippen molar-refractivity contribution >= 4 is 34.8 Å². The van der Waals surface area contributed by atoms with Gasteiger partial charge in [0.2, 0.25) is 0 Å². The van der Waals surface area contributed by atoms with Crippen LogP contribution in [0.25, 0.3) is 11.3 Å². The molecule has 6 heterocycles. The van der Waals surface area contributed by atoms with Gasteiger partial charge in [0.15, 0.2) is 5.82 Å². The molecule has 0 spiro atoms. The van der Waals surface area contributed by atoms with E-state index in [-0.39, 0.29) is 12.1 Å². The molecule has 0 saturated carbocycles. The average molecular weight is 407 g/mol. The predicted molar refractivity (Wildman–Crippen MR) is 113 cm³/mol. The minimum absolute atomic E-state index is 0.101. The number of nitrogens with zero attached hydrogens (tertiary/aromatic N) is 5. The Hall–Kier alpha value is -3.19. The molecular weight excluding hydrogens is 388 g/mol. The zero-order chi connectivity index (χ0) is 19.8. The van der Waals surface area contributed by atoms with E-state index in [2.05, 4.69) is 20.2 Å². The third-order valence-electron chi connectivity index (χ3n) is 5.39. The van der Waals surface area contributed by atoms with Gasteiger partial charge < -0.3 is 10.2 Å². The SMILES string of the molecule is O=C(Nc1cccnc1)N1c2nc(-c3cncc(Cl)c3)ccc2N2CCC1CC2. The van der Waals surface area contributed by atoms with Crippen LogP contribution in [0.5, 0.6) is 0 Å². The van der Waals surface area contributed by atoms with Crippen LogP contribution < -0.4 is 15.1 Å². The molecule has 6 rings (SSSR count). The van der Waals surface area contributed by atoms with Crippen molar-refractivity contribution in [3.05, 3.63) is 60.1 Å². The highest BCUT2D eigenvalue weighted by molar-refractivity contribution is 6.30. The van der Waals surface area contributed by atoms with Crippen molar-refractivity contribution < 1.29 is 4.79 Å². The van der Waals surface area contributed by atoms with Crippen LogP contribution in [0.4, 0.5) is 22.0 Å². The summed E-state index contributed by atoms with van der Waals surface area (Å²) >= 11 is 6.11. The number of pyridine rings is 3. The van der Waals surface area contributed by atoms with E-state index in [1.807, 2.05) is 24.3 Å². The first kappa shape index (κ1) is 17.9. The normalized spacial score (nSPS) is 15.8. The van der Waals surface area contributed by atoms with Crippen LogP contribution in [-0.4, -0.2) is 40.1 Å². The third-order valence-corrected chi connectivity index (χ3v) is 5.59. The maximum absolute atomic E-state index is 13.3. The van der Waals surface area contributed by atoms with E-state index < -0.39 is 0 Å². The second-order valence-electron chi connectivity index (χ2n) is 7.19. The fourth-order valence-corrected chi connectivity index (χ4v) is 4.17. The smallest absolute Gasteiger partial charge is 0.327 e. The van der Waals surface area contributed by atoms with E-state index in [0.29, 0.717) is 16.5 Å². The Kier molecular flexibility index (Phi) is 4.52. The van der Waals surface area contributed by atoms with Crippen LogP contribution in [0.1, 0.15) is 12.8 Å². The average Bonchev–Trinajstić information content (AvgIpc) is 3.00. The van der Waals surface area contributed by atoms with Crippen LogP contribution in [0, 0.1) is 0 Å². The largest absolute Gasteiger partial charge is 0.368 e. The molecule has 146 valence electrons. The van der Waals surface area contributed by atoms with E-state index in [1.165, 1.54) is 0 Å². The first-order valence-electron chi connectivity index (χ1n) is 9.56. The number of halogens is 1. The van der Waals surface area contributed by atoms with Crippen LogP contribution >= 0.6 is 11.6 Å². The number of fused-ring (bicyclic) bond motifs is 2. The van der Waals surface area contributed by atoms with Crippen LogP contribution in [-0.2, 0) is 0 Å². The molecule has 0 atom stereocenters. The van der Waals surface area contributed by atoms with Gasteiger partial charge in [0, 0.05) is 43.3 Å². The molecular formula is C21H19ClN6O. The highest BCUT2D eigenvalue weighted by Crippen LogP contribution is 2.39. The van der Waals surface area contributed by atoms with E-state index >= 15 is 0 Å². The van der Waals surface area contributed by atoms with Crippen molar-refractivity contribution in [2.75, 3.05) is 28.2 Å². The lowest BCUT2D eigenvalue weighted by molar-refractivity contribution is 0.253. The minimum Gasteiger partial charge on any atom is -0.368 e. The molecule has 2 bridgehead atoms. The molecule has 3 aliphatic rings. The predicted octanol–water partition coefficient (Wildman–Crippen LogP) is 4.21. The monoisotopic (exact) mass is 406 g/mol. The lowest BCUT2D eigenvalue weighted by Gasteiger charge is -2.31. The second-order valence-corrected chi connectivity index (χ2v) is 7.63. The summed E-state index contributed by atoms with van der Waals surface area (Å²) in [7, 11) is 0. The minimum atomic E-state index is -0.193. The van der Waals surface area contributed by atoms with Gasteiger partial charge in [-0.1, -0.05) is 11.6 Å². The molecule has 0 aliphatic carbocycles. The molecule has 3 aliphatic heterocycles. The Balaban J connectivity index is 1.57. The Morgan fingerprint density at radius 3 is 2.72 bits per heavy atom. The number of aromatic nitrogens is 3. The molecule has 0 radical (unpaired) electrons. The highest BCUT2D eigenvalue weighted by Gasteiger charge is 2.37. The molecule has 3 aromatic rings. The Labute approximate surface area is 173 Å². The van der Waals surface area contributed by atoms with Crippen molar-refractivity contribution in [1.29, 1.82) is 0 Å². The summed E-state index contributed by atoms with van der Waals surface area (Å²) in [6.07, 6.45) is 8.45. The number of hydrogen-bond donors (Lipinski definition) is 1. The number of nitrogens with one attached hydrogen (secondary N) is 1. The molecule has 2 amide bonds. The molecule has 3 aromatic heterocycles. The van der Waals surface area contributed by atoms with Crippen LogP contribution in [0.15, 0.2) is 55.1 Å². The quantitative estimate of drug-likeness (QED) is 0.689. The summed E-state index contributed by atoms with van der Waals surface area (Å²) < 4.78 is 0. The van der Waals surface area contributed by atoms with Gasteiger partial charge in [0.25, 0.3) is 0 Å². The third kappa shape index (κ3) is 3.38. The van der Waals surface area contributed by atoms with Gasteiger partial charge in [0.05, 0.1) is 28.3 Å². The molecule has 29 heavy (non-hydrogen) atoms. The van der Waals surface area contributed by atoms with Gasteiger partial charge in [-0.25, -0.2) is 9.78 Å². The number of hydrogen-bond acceptors (Lipinski definition) is 5. The van der Waals surface area contributed by atoms with Crippen molar-refractivity contribution in [1.82, 2.24) is 15.0 Å². The maximum Gasteiger partial charge on any atom is 0.327 e. The second kappa shape index (κ2) is 7.33. The van der Waals surface area contributed by atoms with Crippen molar-refractivity contribution in [2.24, 2.45) is 0 Å². The number of urea groups is 1. The summed E-state index contributed by atoms with van der Waals surface area (Å²) in [4.78, 5) is 30.5. The summed E-state index contributed by atoms with van der Waals surface area (Å²) in [5.41, 5.74) is 3.19.